The first-order valence-corrected chi connectivity index (χ1v) is 6.03. The third-order valence-electron chi connectivity index (χ3n) is 2.84. The first kappa shape index (κ1) is 10.2. The molecule has 0 saturated carbocycles. The fourth-order valence-electron chi connectivity index (χ4n) is 2.01. The summed E-state index contributed by atoms with van der Waals surface area (Å²) < 4.78 is 1.26. The monoisotopic (exact) mass is 253 g/mol. The molecule has 1 saturated heterocycles. The third kappa shape index (κ3) is 2.37. The molecule has 0 aliphatic carbocycles. The lowest BCUT2D eigenvalue weighted by molar-refractivity contribution is 0.602. The molecule has 14 heavy (non-hydrogen) atoms. The van der Waals surface area contributed by atoms with Gasteiger partial charge in [-0.3, -0.25) is 0 Å². The van der Waals surface area contributed by atoms with Crippen molar-refractivity contribution in [2.75, 3.05) is 6.54 Å². The number of hydrogen-bond donors (Lipinski definition) is 1. The molecule has 1 heterocycles. The van der Waals surface area contributed by atoms with Crippen molar-refractivity contribution in [3.63, 3.8) is 0 Å². The Morgan fingerprint density at radius 1 is 1.50 bits per heavy atom. The number of benzene rings is 1. The van der Waals surface area contributed by atoms with E-state index in [1.165, 1.54) is 35.0 Å². The highest BCUT2D eigenvalue weighted by Crippen LogP contribution is 2.21. The van der Waals surface area contributed by atoms with Gasteiger partial charge in [-0.05, 0) is 49.9 Å². The summed E-state index contributed by atoms with van der Waals surface area (Å²) in [5.41, 5.74) is 2.75. The molecule has 0 amide bonds. The highest BCUT2D eigenvalue weighted by atomic mass is 79.9. The van der Waals surface area contributed by atoms with Crippen molar-refractivity contribution >= 4 is 15.9 Å². The molecule has 1 nitrogen and oxygen atoms in total. The lowest BCUT2D eigenvalue weighted by Gasteiger charge is -2.11. The van der Waals surface area contributed by atoms with E-state index in [1.807, 2.05) is 0 Å². The van der Waals surface area contributed by atoms with Crippen molar-refractivity contribution in [1.82, 2.24) is 5.32 Å². The third-order valence-corrected chi connectivity index (χ3v) is 3.58. The van der Waals surface area contributed by atoms with E-state index in [1.54, 1.807) is 0 Å². The van der Waals surface area contributed by atoms with Crippen LogP contribution in [0.25, 0.3) is 0 Å². The second-order valence-corrected chi connectivity index (χ2v) is 4.95. The summed E-state index contributed by atoms with van der Waals surface area (Å²) in [4.78, 5) is 0. The van der Waals surface area contributed by atoms with Crippen LogP contribution in [0.4, 0.5) is 0 Å². The topological polar surface area (TPSA) is 12.0 Å². The Bertz CT molecular complexity index is 316. The maximum Gasteiger partial charge on any atom is 0.0210 e. The van der Waals surface area contributed by atoms with Gasteiger partial charge < -0.3 is 5.32 Å². The van der Waals surface area contributed by atoms with Crippen LogP contribution >= 0.6 is 15.9 Å². The van der Waals surface area contributed by atoms with Gasteiger partial charge in [0.25, 0.3) is 0 Å². The second kappa shape index (κ2) is 4.45. The molecule has 1 atom stereocenters. The molecule has 0 aromatic heterocycles. The fraction of sp³-hybridized carbons (Fsp3) is 0.500. The minimum Gasteiger partial charge on any atom is -0.314 e. The minimum absolute atomic E-state index is 0.689. The zero-order chi connectivity index (χ0) is 9.97. The van der Waals surface area contributed by atoms with Gasteiger partial charge in [-0.1, -0.05) is 28.1 Å². The van der Waals surface area contributed by atoms with Gasteiger partial charge in [-0.15, -0.1) is 0 Å². The van der Waals surface area contributed by atoms with Crippen LogP contribution in [0.15, 0.2) is 22.7 Å². The van der Waals surface area contributed by atoms with Gasteiger partial charge in [0.15, 0.2) is 0 Å². The van der Waals surface area contributed by atoms with E-state index in [0.29, 0.717) is 6.04 Å². The lowest BCUT2D eigenvalue weighted by Crippen LogP contribution is -2.23. The summed E-state index contributed by atoms with van der Waals surface area (Å²) in [7, 11) is 0. The molecule has 0 bridgehead atoms. The van der Waals surface area contributed by atoms with Gasteiger partial charge in [0.2, 0.25) is 0 Å². The van der Waals surface area contributed by atoms with Gasteiger partial charge >= 0.3 is 0 Å². The molecule has 1 aromatic carbocycles. The molecule has 1 unspecified atom stereocenters. The van der Waals surface area contributed by atoms with Crippen LogP contribution in [-0.2, 0) is 6.42 Å². The summed E-state index contributed by atoms with van der Waals surface area (Å²) in [6, 6.07) is 7.31. The van der Waals surface area contributed by atoms with E-state index in [2.05, 4.69) is 46.4 Å². The second-order valence-electron chi connectivity index (χ2n) is 4.09. The van der Waals surface area contributed by atoms with E-state index < -0.39 is 0 Å². The highest BCUT2D eigenvalue weighted by Gasteiger charge is 2.15. The van der Waals surface area contributed by atoms with E-state index in [9.17, 15) is 0 Å². The average molecular weight is 254 g/mol. The standard InChI is InChI=1S/C12H16BrN/c1-9-4-5-10(12(13)7-9)8-11-3-2-6-14-11/h4-5,7,11,14H,2-3,6,8H2,1H3. The molecule has 1 aromatic rings. The SMILES string of the molecule is Cc1ccc(CC2CCCN2)c(Br)c1. The van der Waals surface area contributed by atoms with Crippen molar-refractivity contribution < 1.29 is 0 Å². The normalized spacial score (nSPS) is 21.4. The van der Waals surface area contributed by atoms with Crippen LogP contribution in [0, 0.1) is 6.92 Å². The Hall–Kier alpha value is -0.340. The van der Waals surface area contributed by atoms with E-state index in [0.717, 1.165) is 6.42 Å². The first-order valence-electron chi connectivity index (χ1n) is 5.24. The average Bonchev–Trinajstić information content (AvgIpc) is 2.62. The van der Waals surface area contributed by atoms with E-state index in [-0.39, 0.29) is 0 Å². The lowest BCUT2D eigenvalue weighted by atomic mass is 10.0. The van der Waals surface area contributed by atoms with Crippen molar-refractivity contribution in [2.45, 2.75) is 32.2 Å². The Balaban J connectivity index is 2.08. The Kier molecular flexibility index (Phi) is 3.24. The quantitative estimate of drug-likeness (QED) is 0.855. The Labute approximate surface area is 94.0 Å². The van der Waals surface area contributed by atoms with Crippen LogP contribution in [-0.4, -0.2) is 12.6 Å². The van der Waals surface area contributed by atoms with Gasteiger partial charge in [-0.25, -0.2) is 0 Å². The van der Waals surface area contributed by atoms with Gasteiger partial charge in [-0.2, -0.15) is 0 Å². The summed E-state index contributed by atoms with van der Waals surface area (Å²) in [5.74, 6) is 0. The summed E-state index contributed by atoms with van der Waals surface area (Å²) in [5, 5.41) is 3.53. The largest absolute Gasteiger partial charge is 0.314 e. The molecule has 2 heteroatoms. The summed E-state index contributed by atoms with van der Waals surface area (Å²) in [6.07, 6.45) is 3.80. The van der Waals surface area contributed by atoms with Crippen molar-refractivity contribution in [1.29, 1.82) is 0 Å². The van der Waals surface area contributed by atoms with Gasteiger partial charge in [0.05, 0.1) is 0 Å². The zero-order valence-electron chi connectivity index (χ0n) is 8.52. The number of halogens is 1. The number of hydrogen-bond acceptors (Lipinski definition) is 1. The summed E-state index contributed by atoms with van der Waals surface area (Å²) in [6.45, 7) is 3.32. The number of aryl methyl sites for hydroxylation is 1. The predicted octanol–water partition coefficient (Wildman–Crippen LogP) is 3.05. The molecule has 0 spiro atoms. The van der Waals surface area contributed by atoms with Crippen LogP contribution < -0.4 is 5.32 Å². The Morgan fingerprint density at radius 3 is 3.00 bits per heavy atom. The Morgan fingerprint density at radius 2 is 2.36 bits per heavy atom. The number of rotatable bonds is 2. The smallest absolute Gasteiger partial charge is 0.0210 e. The molecular weight excluding hydrogens is 238 g/mol. The van der Waals surface area contributed by atoms with Crippen LogP contribution in [0.5, 0.6) is 0 Å². The van der Waals surface area contributed by atoms with Crippen LogP contribution in [0.2, 0.25) is 0 Å². The highest BCUT2D eigenvalue weighted by molar-refractivity contribution is 9.10. The molecule has 2 rings (SSSR count). The molecule has 1 aliphatic heterocycles. The fourth-order valence-corrected chi connectivity index (χ4v) is 2.67. The maximum absolute atomic E-state index is 3.63. The van der Waals surface area contributed by atoms with Gasteiger partial charge in [0, 0.05) is 10.5 Å². The van der Waals surface area contributed by atoms with Crippen LogP contribution in [0.1, 0.15) is 24.0 Å². The van der Waals surface area contributed by atoms with Crippen LogP contribution in [0.3, 0.4) is 0 Å². The molecule has 1 N–H and O–H groups in total. The molecule has 1 aliphatic rings. The first-order chi connectivity index (χ1) is 6.75. The van der Waals surface area contributed by atoms with Crippen molar-refractivity contribution in [3.8, 4) is 0 Å². The van der Waals surface area contributed by atoms with E-state index in [4.69, 9.17) is 0 Å². The summed E-state index contributed by atoms with van der Waals surface area (Å²) >= 11 is 3.63. The van der Waals surface area contributed by atoms with E-state index >= 15 is 0 Å². The maximum atomic E-state index is 3.63. The molecule has 0 radical (unpaired) electrons. The predicted molar refractivity (Wildman–Crippen MR) is 63.6 cm³/mol. The van der Waals surface area contributed by atoms with Gasteiger partial charge in [0.1, 0.15) is 0 Å². The number of nitrogens with one attached hydrogen (secondary N) is 1. The van der Waals surface area contributed by atoms with Crippen molar-refractivity contribution in [2.24, 2.45) is 0 Å². The van der Waals surface area contributed by atoms with Crippen molar-refractivity contribution in [3.05, 3.63) is 33.8 Å². The molecule has 76 valence electrons. The minimum atomic E-state index is 0.689. The molecular formula is C12H16BrN. The molecule has 1 fully saturated rings. The zero-order valence-corrected chi connectivity index (χ0v) is 10.1.